The van der Waals surface area contributed by atoms with Crippen LogP contribution in [0.15, 0.2) is 0 Å². The number of hydrogen-bond donors (Lipinski definition) is 2. The van der Waals surface area contributed by atoms with Crippen molar-refractivity contribution in [3.05, 3.63) is 0 Å². The summed E-state index contributed by atoms with van der Waals surface area (Å²) in [4.78, 5) is 36.3. The molecule has 3 rings (SSSR count). The maximum Gasteiger partial charge on any atom is 0.407 e. The molecule has 7 heteroatoms. The topological polar surface area (TPSA) is 102 Å². The summed E-state index contributed by atoms with van der Waals surface area (Å²) in [5, 5.41) is 2.47. The quantitative estimate of drug-likeness (QED) is 0.804. The Morgan fingerprint density at radius 1 is 1.20 bits per heavy atom. The van der Waals surface area contributed by atoms with Crippen LogP contribution in [0.25, 0.3) is 0 Å². The average molecular weight is 357 g/mol. The van der Waals surface area contributed by atoms with E-state index in [4.69, 9.17) is 10.5 Å². The Morgan fingerprint density at radius 2 is 1.80 bits per heavy atom. The first kappa shape index (κ1) is 19.5. The van der Waals surface area contributed by atoms with Crippen molar-refractivity contribution in [2.75, 3.05) is 13.1 Å². The molecule has 2 aliphatic carbocycles. The summed E-state index contributed by atoms with van der Waals surface area (Å²) < 4.78 is 5.29. The van der Waals surface area contributed by atoms with E-state index in [1.807, 2.05) is 0 Å². The van der Waals surface area contributed by atoms with E-state index in [1.165, 1.54) is 11.3 Å². The molecule has 3 N–H and O–H groups in total. The van der Waals surface area contributed by atoms with Gasteiger partial charge < -0.3 is 20.7 Å². The predicted molar refractivity (Wildman–Crippen MR) is 97.8 cm³/mol. The summed E-state index contributed by atoms with van der Waals surface area (Å²) in [6.07, 6.45) is 3.96. The van der Waals surface area contributed by atoms with E-state index in [0.29, 0.717) is 13.0 Å². The Kier molecular flexibility index (Phi) is 6.67. The summed E-state index contributed by atoms with van der Waals surface area (Å²) >= 11 is 0. The second-order valence-electron chi connectivity index (χ2n) is 7.99. The molecule has 3 fully saturated rings. The van der Waals surface area contributed by atoms with Gasteiger partial charge in [-0.05, 0) is 49.9 Å². The van der Waals surface area contributed by atoms with Gasteiger partial charge in [0.2, 0.25) is 11.8 Å². The summed E-state index contributed by atoms with van der Waals surface area (Å²) in [6.45, 7) is 6.86. The zero-order chi connectivity index (χ0) is 18.6. The van der Waals surface area contributed by atoms with Crippen LogP contribution in [-0.2, 0) is 14.3 Å². The van der Waals surface area contributed by atoms with Gasteiger partial charge in [0.25, 0.3) is 0 Å². The minimum Gasteiger partial charge on any atom is -0.446 e. The number of carbonyl (C=O) groups excluding carboxylic acids is 3. The van der Waals surface area contributed by atoms with Crippen LogP contribution in [0.1, 0.15) is 55.7 Å². The van der Waals surface area contributed by atoms with E-state index in [0.717, 1.165) is 37.0 Å². The van der Waals surface area contributed by atoms with Crippen molar-refractivity contribution in [1.29, 1.82) is 0 Å². The molecule has 0 bridgehead atoms. The van der Waals surface area contributed by atoms with Gasteiger partial charge in [0, 0.05) is 9.40 Å². The van der Waals surface area contributed by atoms with Crippen LogP contribution in [0.4, 0.5) is 4.79 Å². The number of primary amides is 1. The van der Waals surface area contributed by atoms with Gasteiger partial charge in [0.15, 0.2) is 0 Å². The Balaban J connectivity index is 0.00000103. The minimum atomic E-state index is -0.551. The van der Waals surface area contributed by atoms with Gasteiger partial charge >= 0.3 is 6.09 Å². The lowest BCUT2D eigenvalue weighted by molar-refractivity contribution is -0.136. The summed E-state index contributed by atoms with van der Waals surface area (Å²) in [6, 6.07) is -0.544. The standard InChI is InChI=1S/C14H21N3O4.C4H10.2H2/c15-13(19)11-2-1-3-17(11)12(18)7-16-14(20)21-10-5-8-4-9(8)6-10;1-4(2)3;;/h8-11H,1-7H2,(H2,15,19)(H,16,20);4H,1-3H3;2*1H. The van der Waals surface area contributed by atoms with Crippen molar-refractivity contribution < 1.29 is 22.0 Å². The first-order valence-corrected chi connectivity index (χ1v) is 9.31. The molecule has 146 valence electrons. The smallest absolute Gasteiger partial charge is 0.407 e. The molecule has 1 heterocycles. The predicted octanol–water partition coefficient (Wildman–Crippen LogP) is 2.14. The molecule has 25 heavy (non-hydrogen) atoms. The van der Waals surface area contributed by atoms with E-state index in [-0.39, 0.29) is 21.4 Å². The van der Waals surface area contributed by atoms with Crippen LogP contribution < -0.4 is 11.1 Å². The number of ether oxygens (including phenoxy) is 1. The fraction of sp³-hybridized carbons (Fsp3) is 0.833. The summed E-state index contributed by atoms with van der Waals surface area (Å²) in [5.74, 6) is 1.53. The van der Waals surface area contributed by atoms with Crippen LogP contribution in [0.2, 0.25) is 0 Å². The maximum atomic E-state index is 12.0. The zero-order valence-corrected chi connectivity index (χ0v) is 15.5. The van der Waals surface area contributed by atoms with Gasteiger partial charge in [0.05, 0.1) is 0 Å². The molecule has 1 aliphatic heterocycles. The first-order valence-electron chi connectivity index (χ1n) is 9.31. The van der Waals surface area contributed by atoms with E-state index in [2.05, 4.69) is 26.1 Å². The largest absolute Gasteiger partial charge is 0.446 e. The molecule has 3 amide bonds. The van der Waals surface area contributed by atoms with Crippen molar-refractivity contribution in [2.45, 2.75) is 65.0 Å². The van der Waals surface area contributed by atoms with E-state index in [9.17, 15) is 14.4 Å². The fourth-order valence-corrected chi connectivity index (χ4v) is 3.56. The highest BCUT2D eigenvalue weighted by Gasteiger charge is 2.47. The van der Waals surface area contributed by atoms with Gasteiger partial charge in [-0.1, -0.05) is 20.8 Å². The molecule has 1 saturated heterocycles. The van der Waals surface area contributed by atoms with Gasteiger partial charge in [-0.15, -0.1) is 0 Å². The lowest BCUT2D eigenvalue weighted by Crippen LogP contribution is -2.47. The monoisotopic (exact) mass is 357 g/mol. The molecular formula is C18H35N3O4. The highest BCUT2D eigenvalue weighted by Crippen LogP contribution is 2.52. The lowest BCUT2D eigenvalue weighted by Gasteiger charge is -2.22. The number of hydrogen-bond acceptors (Lipinski definition) is 4. The van der Waals surface area contributed by atoms with Gasteiger partial charge in [-0.25, -0.2) is 4.79 Å². The van der Waals surface area contributed by atoms with Crippen molar-refractivity contribution in [3.8, 4) is 0 Å². The van der Waals surface area contributed by atoms with E-state index < -0.39 is 18.0 Å². The molecule has 0 aromatic heterocycles. The van der Waals surface area contributed by atoms with Crippen LogP contribution in [-0.4, -0.2) is 48.0 Å². The third-order valence-corrected chi connectivity index (χ3v) is 4.76. The molecule has 2 saturated carbocycles. The minimum absolute atomic E-state index is 0. The number of likely N-dealkylation sites (tertiary alicyclic amines) is 1. The van der Waals surface area contributed by atoms with Crippen LogP contribution in [0.3, 0.4) is 0 Å². The number of nitrogens with one attached hydrogen (secondary N) is 1. The van der Waals surface area contributed by atoms with Crippen LogP contribution >= 0.6 is 0 Å². The SMILES string of the molecule is CC(C)C.NC(=O)C1CCCN1C(=O)CNC(=O)OC1CC2CC2C1.[HH].[HH]. The summed E-state index contributed by atoms with van der Waals surface area (Å²) in [7, 11) is 0. The van der Waals surface area contributed by atoms with E-state index >= 15 is 0 Å². The molecule has 0 aromatic carbocycles. The number of rotatable bonds is 4. The third kappa shape index (κ3) is 5.90. The Bertz CT molecular complexity index is 506. The van der Waals surface area contributed by atoms with Crippen LogP contribution in [0.5, 0.6) is 0 Å². The molecule has 3 atom stereocenters. The fourth-order valence-electron chi connectivity index (χ4n) is 3.56. The number of nitrogens with zero attached hydrogens (tertiary/aromatic N) is 1. The second-order valence-corrected chi connectivity index (χ2v) is 7.99. The second kappa shape index (κ2) is 8.54. The van der Waals surface area contributed by atoms with Gasteiger partial charge in [-0.3, -0.25) is 9.59 Å². The number of alkyl carbamates (subject to hydrolysis) is 1. The van der Waals surface area contributed by atoms with Crippen molar-refractivity contribution in [2.24, 2.45) is 23.5 Å². The third-order valence-electron chi connectivity index (χ3n) is 4.76. The molecule has 3 unspecified atom stereocenters. The van der Waals surface area contributed by atoms with Crippen LogP contribution in [0, 0.1) is 17.8 Å². The normalized spacial score (nSPS) is 29.5. The molecule has 0 radical (unpaired) electrons. The molecule has 3 aliphatic rings. The average Bonchev–Trinajstić information content (AvgIpc) is 2.95. The highest BCUT2D eigenvalue weighted by molar-refractivity contribution is 5.89. The molecule has 0 spiro atoms. The lowest BCUT2D eigenvalue weighted by atomic mass is 10.2. The highest BCUT2D eigenvalue weighted by atomic mass is 16.6. The number of nitrogens with two attached hydrogens (primary N) is 1. The molecule has 7 nitrogen and oxygen atoms in total. The molecule has 0 aromatic rings. The Hall–Kier alpha value is -1.79. The maximum absolute atomic E-state index is 12.0. The number of carbonyl (C=O) groups is 3. The van der Waals surface area contributed by atoms with E-state index in [1.54, 1.807) is 0 Å². The molecular weight excluding hydrogens is 322 g/mol. The zero-order valence-electron chi connectivity index (χ0n) is 15.5. The summed E-state index contributed by atoms with van der Waals surface area (Å²) in [5.41, 5.74) is 5.26. The van der Waals surface area contributed by atoms with Crippen molar-refractivity contribution >= 4 is 17.9 Å². The number of amides is 3. The van der Waals surface area contributed by atoms with Crippen molar-refractivity contribution in [1.82, 2.24) is 10.2 Å². The van der Waals surface area contributed by atoms with Crippen molar-refractivity contribution in [3.63, 3.8) is 0 Å². The first-order chi connectivity index (χ1) is 11.8. The Labute approximate surface area is 152 Å². The number of fused-ring (bicyclic) bond motifs is 1. The van der Waals surface area contributed by atoms with Gasteiger partial charge in [0.1, 0.15) is 18.7 Å². The van der Waals surface area contributed by atoms with Gasteiger partial charge in [-0.2, -0.15) is 0 Å². The Morgan fingerprint density at radius 3 is 2.36 bits per heavy atom.